The monoisotopic (exact) mass is 776 g/mol. The summed E-state index contributed by atoms with van der Waals surface area (Å²) in [5, 5.41) is 22.2. The average Bonchev–Trinajstić information content (AvgIpc) is 3.88. The van der Waals surface area contributed by atoms with Gasteiger partial charge in [-0.2, -0.15) is 15.1 Å². The Labute approximate surface area is 334 Å². The lowest BCUT2D eigenvalue weighted by Crippen LogP contribution is -2.38. The third kappa shape index (κ3) is 7.61. The summed E-state index contributed by atoms with van der Waals surface area (Å²) in [6.45, 7) is -0.0183. The van der Waals surface area contributed by atoms with Gasteiger partial charge in [-0.1, -0.05) is 91.0 Å². The molecule has 5 aromatic carbocycles. The van der Waals surface area contributed by atoms with Crippen molar-refractivity contribution in [3.63, 3.8) is 0 Å². The van der Waals surface area contributed by atoms with Gasteiger partial charge in [0.15, 0.2) is 11.9 Å². The number of benzene rings is 5. The van der Waals surface area contributed by atoms with Crippen LogP contribution in [0.2, 0.25) is 0 Å². The molecule has 0 saturated carbocycles. The zero-order valence-electron chi connectivity index (χ0n) is 31.7. The Morgan fingerprint density at radius 1 is 0.724 bits per heavy atom. The largest absolute Gasteiger partial charge is 0.497 e. The number of rotatable bonds is 13. The zero-order chi connectivity index (χ0) is 40.1. The number of hydrogen-bond acceptors (Lipinski definition) is 10. The summed E-state index contributed by atoms with van der Waals surface area (Å²) >= 11 is 0. The molecule has 1 aliphatic heterocycles. The second-order valence-electron chi connectivity index (χ2n) is 13.6. The summed E-state index contributed by atoms with van der Waals surface area (Å²) in [7, 11) is 3.24. The molecule has 1 aliphatic rings. The first-order valence-electron chi connectivity index (χ1n) is 18.7. The Balaban J connectivity index is 1.12. The molecular formula is C45H40N6O7. The number of carbonyl (C=O) groups excluding carboxylic acids is 2. The highest BCUT2D eigenvalue weighted by Gasteiger charge is 2.42. The first-order valence-corrected chi connectivity index (χ1v) is 18.7. The quantitative estimate of drug-likeness (QED) is 0.104. The number of hydrogen-bond donors (Lipinski definition) is 3. The minimum absolute atomic E-state index is 0.0183. The summed E-state index contributed by atoms with van der Waals surface area (Å²) in [5.41, 5.74) is 2.48. The third-order valence-electron chi connectivity index (χ3n) is 10.1. The third-order valence-corrected chi connectivity index (χ3v) is 10.1. The summed E-state index contributed by atoms with van der Waals surface area (Å²) < 4.78 is 26.1. The lowest BCUT2D eigenvalue weighted by atomic mass is 9.80. The number of aliphatic hydroxyl groups excluding tert-OH is 1. The van der Waals surface area contributed by atoms with Crippen molar-refractivity contribution < 1.29 is 33.6 Å². The molecule has 3 N–H and O–H groups in total. The summed E-state index contributed by atoms with van der Waals surface area (Å²) in [6, 6.07) is 42.6. The van der Waals surface area contributed by atoms with Crippen molar-refractivity contribution in [2.45, 2.75) is 30.5 Å². The van der Waals surface area contributed by atoms with Crippen LogP contribution in [0.1, 0.15) is 50.1 Å². The fourth-order valence-electron chi connectivity index (χ4n) is 7.12. The first-order chi connectivity index (χ1) is 28.4. The molecule has 3 atom stereocenters. The molecule has 8 rings (SSSR count). The minimum Gasteiger partial charge on any atom is -0.497 e. The van der Waals surface area contributed by atoms with Crippen LogP contribution in [0.15, 0.2) is 146 Å². The number of methoxy groups -OCH3 is 2. The van der Waals surface area contributed by atoms with Crippen molar-refractivity contribution in [2.75, 3.05) is 31.5 Å². The Kier molecular flexibility index (Phi) is 10.9. The van der Waals surface area contributed by atoms with Crippen LogP contribution in [0.4, 0.5) is 11.8 Å². The number of fused-ring (bicyclic) bond motifs is 1. The lowest BCUT2D eigenvalue weighted by molar-refractivity contribution is -0.0949. The van der Waals surface area contributed by atoms with Crippen LogP contribution in [-0.4, -0.2) is 69.7 Å². The standard InChI is InChI=1S/C45H40N6O7/c1-55-34-22-18-32(19-23-34)45(31-16-10-5-11-17-31,33-20-24-35(56-2)25-21-33)57-28-38-37(52)26-39(58-38)51-41-36(27-46-51)40(47-42(53)29-12-6-3-7-13-29)48-44(49-41)50-43(54)30-14-8-4-9-15-30/h3-25,27,37-39,52H,26,28H2,1-2H3,(H2,47,48,49,50,53,54)/t37-,38+,39+/m0/s1. The van der Waals surface area contributed by atoms with Gasteiger partial charge in [0.2, 0.25) is 5.95 Å². The normalized spacial score (nSPS) is 16.5. The van der Waals surface area contributed by atoms with Gasteiger partial charge in [-0.3, -0.25) is 14.9 Å². The van der Waals surface area contributed by atoms with E-state index in [-0.39, 0.29) is 30.4 Å². The predicted molar refractivity (Wildman–Crippen MR) is 217 cm³/mol. The maximum Gasteiger partial charge on any atom is 0.258 e. The highest BCUT2D eigenvalue weighted by atomic mass is 16.6. The fraction of sp³-hybridized carbons (Fsp3) is 0.178. The second kappa shape index (κ2) is 16.7. The van der Waals surface area contributed by atoms with Crippen LogP contribution in [0.5, 0.6) is 11.5 Å². The Morgan fingerprint density at radius 3 is 1.79 bits per heavy atom. The van der Waals surface area contributed by atoms with Crippen LogP contribution < -0.4 is 20.1 Å². The number of aromatic nitrogens is 4. The number of anilines is 2. The Morgan fingerprint density at radius 2 is 1.24 bits per heavy atom. The van der Waals surface area contributed by atoms with Crippen LogP contribution in [0, 0.1) is 0 Å². The fourth-order valence-corrected chi connectivity index (χ4v) is 7.12. The maximum atomic E-state index is 13.3. The average molecular weight is 777 g/mol. The number of nitrogens with one attached hydrogen (secondary N) is 2. The minimum atomic E-state index is -1.13. The van der Waals surface area contributed by atoms with E-state index in [1.807, 2.05) is 91.0 Å². The van der Waals surface area contributed by atoms with Gasteiger partial charge >= 0.3 is 0 Å². The predicted octanol–water partition coefficient (Wildman–Crippen LogP) is 7.01. The molecule has 3 heterocycles. The van der Waals surface area contributed by atoms with Gasteiger partial charge in [-0.25, -0.2) is 4.68 Å². The van der Waals surface area contributed by atoms with E-state index < -0.39 is 35.9 Å². The molecule has 0 spiro atoms. The van der Waals surface area contributed by atoms with E-state index >= 15 is 0 Å². The second-order valence-corrected chi connectivity index (χ2v) is 13.6. The zero-order valence-corrected chi connectivity index (χ0v) is 31.7. The molecule has 292 valence electrons. The number of ether oxygens (including phenoxy) is 4. The molecule has 13 heteroatoms. The Bertz CT molecular complexity index is 2450. The molecular weight excluding hydrogens is 737 g/mol. The van der Waals surface area contributed by atoms with E-state index in [9.17, 15) is 14.7 Å². The van der Waals surface area contributed by atoms with Crippen molar-refractivity contribution >= 4 is 34.6 Å². The van der Waals surface area contributed by atoms with Gasteiger partial charge in [0.1, 0.15) is 29.0 Å². The van der Waals surface area contributed by atoms with Gasteiger partial charge in [-0.05, 0) is 65.2 Å². The smallest absolute Gasteiger partial charge is 0.258 e. The molecule has 58 heavy (non-hydrogen) atoms. The molecule has 1 fully saturated rings. The SMILES string of the molecule is COc1ccc(C(OC[C@H]2O[C@@H](n3ncc4c(NC(=O)c5ccccc5)nc(NC(=O)c5ccccc5)nc43)C[C@@H]2O)(c2ccccc2)c2ccc(OC)cc2)cc1. The van der Waals surface area contributed by atoms with E-state index in [0.29, 0.717) is 28.0 Å². The van der Waals surface area contributed by atoms with Crippen molar-refractivity contribution in [3.05, 3.63) is 174 Å². The molecule has 0 radical (unpaired) electrons. The number of carbonyl (C=O) groups is 2. The van der Waals surface area contributed by atoms with Gasteiger partial charge in [-0.15, -0.1) is 0 Å². The van der Waals surface area contributed by atoms with Gasteiger partial charge in [0.25, 0.3) is 11.8 Å². The van der Waals surface area contributed by atoms with Crippen molar-refractivity contribution in [2.24, 2.45) is 0 Å². The molecule has 0 unspecified atom stereocenters. The van der Waals surface area contributed by atoms with Gasteiger partial charge in [0, 0.05) is 17.5 Å². The number of aliphatic hydroxyl groups is 1. The molecule has 2 aromatic heterocycles. The molecule has 0 bridgehead atoms. The first kappa shape index (κ1) is 38.0. The highest BCUT2D eigenvalue weighted by Crippen LogP contribution is 2.43. The molecule has 0 aliphatic carbocycles. The number of amides is 2. The van der Waals surface area contributed by atoms with E-state index in [1.54, 1.807) is 62.8 Å². The van der Waals surface area contributed by atoms with Crippen LogP contribution in [0.3, 0.4) is 0 Å². The molecule has 1 saturated heterocycles. The van der Waals surface area contributed by atoms with Crippen LogP contribution in [0.25, 0.3) is 11.0 Å². The molecule has 13 nitrogen and oxygen atoms in total. The van der Waals surface area contributed by atoms with E-state index in [4.69, 9.17) is 18.9 Å². The molecule has 7 aromatic rings. The van der Waals surface area contributed by atoms with Gasteiger partial charge in [0.05, 0.1) is 38.5 Å². The highest BCUT2D eigenvalue weighted by molar-refractivity contribution is 6.08. The molecule has 2 amide bonds. The topological polar surface area (TPSA) is 159 Å². The number of nitrogens with zero attached hydrogens (tertiary/aromatic N) is 4. The maximum absolute atomic E-state index is 13.3. The van der Waals surface area contributed by atoms with Crippen molar-refractivity contribution in [1.29, 1.82) is 0 Å². The Hall–Kier alpha value is -6.93. The van der Waals surface area contributed by atoms with E-state index in [0.717, 1.165) is 16.7 Å². The van der Waals surface area contributed by atoms with Crippen molar-refractivity contribution in [1.82, 2.24) is 19.7 Å². The van der Waals surface area contributed by atoms with Crippen molar-refractivity contribution in [3.8, 4) is 11.5 Å². The summed E-state index contributed by atoms with van der Waals surface area (Å²) in [6.07, 6.45) is -0.873. The van der Waals surface area contributed by atoms with E-state index in [1.165, 1.54) is 10.9 Å². The lowest BCUT2D eigenvalue weighted by Gasteiger charge is -2.37. The van der Waals surface area contributed by atoms with E-state index in [2.05, 4.69) is 25.7 Å². The van der Waals surface area contributed by atoms with Crippen LogP contribution >= 0.6 is 0 Å². The summed E-state index contributed by atoms with van der Waals surface area (Å²) in [4.78, 5) is 35.7. The summed E-state index contributed by atoms with van der Waals surface area (Å²) in [5.74, 6) is 0.619. The van der Waals surface area contributed by atoms with Crippen LogP contribution in [-0.2, 0) is 15.1 Å². The van der Waals surface area contributed by atoms with Gasteiger partial charge < -0.3 is 29.4 Å².